The molecule has 2 aromatic rings. The Labute approximate surface area is 120 Å². The highest BCUT2D eigenvalue weighted by Crippen LogP contribution is 2.24. The minimum absolute atomic E-state index is 0.523. The molecular formula is C17H20ClN. The van der Waals surface area contributed by atoms with Gasteiger partial charge in [-0.1, -0.05) is 49.7 Å². The molecule has 0 aliphatic rings. The molecule has 19 heavy (non-hydrogen) atoms. The predicted octanol–water partition coefficient (Wildman–Crippen LogP) is 5.38. The minimum atomic E-state index is 0.523. The minimum Gasteiger partial charge on any atom is -0.381 e. The molecule has 2 rings (SSSR count). The van der Waals surface area contributed by atoms with Crippen LogP contribution in [0.3, 0.4) is 0 Å². The first-order valence-corrected chi connectivity index (χ1v) is 7.03. The van der Waals surface area contributed by atoms with E-state index in [-0.39, 0.29) is 0 Å². The summed E-state index contributed by atoms with van der Waals surface area (Å²) in [5, 5.41) is 4.32. The molecule has 2 heteroatoms. The van der Waals surface area contributed by atoms with E-state index >= 15 is 0 Å². The van der Waals surface area contributed by atoms with Crippen molar-refractivity contribution in [1.82, 2.24) is 0 Å². The first-order valence-electron chi connectivity index (χ1n) is 6.65. The summed E-state index contributed by atoms with van der Waals surface area (Å²) >= 11 is 5.98. The monoisotopic (exact) mass is 273 g/mol. The molecule has 0 aromatic heterocycles. The molecule has 0 fully saturated rings. The van der Waals surface area contributed by atoms with E-state index in [1.165, 1.54) is 22.4 Å². The molecule has 0 unspecified atom stereocenters. The van der Waals surface area contributed by atoms with Gasteiger partial charge >= 0.3 is 0 Å². The van der Waals surface area contributed by atoms with E-state index in [9.17, 15) is 0 Å². The van der Waals surface area contributed by atoms with Gasteiger partial charge in [-0.2, -0.15) is 0 Å². The fourth-order valence-corrected chi connectivity index (χ4v) is 2.44. The lowest BCUT2D eigenvalue weighted by Crippen LogP contribution is -2.04. The number of anilines is 1. The fraction of sp³-hybridized carbons (Fsp3) is 0.294. The van der Waals surface area contributed by atoms with E-state index in [2.05, 4.69) is 56.4 Å². The quantitative estimate of drug-likeness (QED) is 0.788. The molecule has 0 atom stereocenters. The second kappa shape index (κ2) is 6.12. The lowest BCUT2D eigenvalue weighted by atomic mass is 10.0. The maximum absolute atomic E-state index is 5.98. The van der Waals surface area contributed by atoms with Crippen LogP contribution in [0, 0.1) is 6.92 Å². The maximum Gasteiger partial charge on any atom is 0.0408 e. The number of hydrogen-bond donors (Lipinski definition) is 1. The van der Waals surface area contributed by atoms with Crippen LogP contribution >= 0.6 is 11.6 Å². The highest BCUT2D eigenvalue weighted by atomic mass is 35.5. The molecule has 1 nitrogen and oxygen atoms in total. The van der Waals surface area contributed by atoms with Gasteiger partial charge in [-0.25, -0.2) is 0 Å². The van der Waals surface area contributed by atoms with Crippen LogP contribution < -0.4 is 5.32 Å². The molecule has 2 aromatic carbocycles. The maximum atomic E-state index is 5.98. The Bertz CT molecular complexity index is 561. The molecule has 0 radical (unpaired) electrons. The number of halogens is 1. The predicted molar refractivity (Wildman–Crippen MR) is 84.0 cm³/mol. The van der Waals surface area contributed by atoms with Crippen molar-refractivity contribution >= 4 is 17.3 Å². The Morgan fingerprint density at radius 3 is 2.53 bits per heavy atom. The van der Waals surface area contributed by atoms with Crippen molar-refractivity contribution in [3.8, 4) is 0 Å². The summed E-state index contributed by atoms with van der Waals surface area (Å²) in [6, 6.07) is 14.5. The van der Waals surface area contributed by atoms with Crippen molar-refractivity contribution in [1.29, 1.82) is 0 Å². The first-order chi connectivity index (χ1) is 9.08. The van der Waals surface area contributed by atoms with Crippen molar-refractivity contribution in [2.24, 2.45) is 0 Å². The number of hydrogen-bond acceptors (Lipinski definition) is 1. The smallest absolute Gasteiger partial charge is 0.0408 e. The van der Waals surface area contributed by atoms with Gasteiger partial charge < -0.3 is 5.32 Å². The van der Waals surface area contributed by atoms with E-state index in [1.807, 2.05) is 12.1 Å². The highest BCUT2D eigenvalue weighted by Gasteiger charge is 2.06. The van der Waals surface area contributed by atoms with Crippen molar-refractivity contribution in [3.63, 3.8) is 0 Å². The number of para-hydroxylation sites is 1. The average Bonchev–Trinajstić information content (AvgIpc) is 2.38. The Hall–Kier alpha value is -1.47. The molecule has 1 N–H and O–H groups in total. The van der Waals surface area contributed by atoms with E-state index in [4.69, 9.17) is 11.6 Å². The molecule has 0 aliphatic carbocycles. The van der Waals surface area contributed by atoms with Gasteiger partial charge in [-0.15, -0.1) is 0 Å². The van der Waals surface area contributed by atoms with Crippen molar-refractivity contribution in [2.45, 2.75) is 33.2 Å². The van der Waals surface area contributed by atoms with Gasteiger partial charge in [0.05, 0.1) is 0 Å². The number of nitrogens with one attached hydrogen (secondary N) is 1. The van der Waals surface area contributed by atoms with Gasteiger partial charge in [0.15, 0.2) is 0 Å². The molecule has 0 amide bonds. The number of benzene rings is 2. The summed E-state index contributed by atoms with van der Waals surface area (Å²) in [6.45, 7) is 7.35. The van der Waals surface area contributed by atoms with Crippen LogP contribution in [-0.4, -0.2) is 0 Å². The van der Waals surface area contributed by atoms with E-state index in [0.717, 1.165) is 11.6 Å². The van der Waals surface area contributed by atoms with Crippen LogP contribution in [0.25, 0.3) is 0 Å². The Kier molecular flexibility index (Phi) is 4.49. The molecule has 0 saturated heterocycles. The Balaban J connectivity index is 2.14. The zero-order chi connectivity index (χ0) is 13.8. The zero-order valence-electron chi connectivity index (χ0n) is 11.7. The van der Waals surface area contributed by atoms with Crippen LogP contribution in [0.4, 0.5) is 5.69 Å². The van der Waals surface area contributed by atoms with Gasteiger partial charge in [-0.05, 0) is 47.7 Å². The van der Waals surface area contributed by atoms with Crippen LogP contribution in [0.5, 0.6) is 0 Å². The second-order valence-corrected chi connectivity index (χ2v) is 5.60. The topological polar surface area (TPSA) is 12.0 Å². The van der Waals surface area contributed by atoms with Gasteiger partial charge in [0.2, 0.25) is 0 Å². The molecular weight excluding hydrogens is 254 g/mol. The fourth-order valence-electron chi connectivity index (χ4n) is 2.21. The third-order valence-corrected chi connectivity index (χ3v) is 3.59. The summed E-state index contributed by atoms with van der Waals surface area (Å²) in [7, 11) is 0. The van der Waals surface area contributed by atoms with Crippen LogP contribution in [0.2, 0.25) is 5.02 Å². The summed E-state index contributed by atoms with van der Waals surface area (Å²) in [5.41, 5.74) is 5.07. The third kappa shape index (κ3) is 3.51. The molecule has 0 saturated carbocycles. The molecule has 100 valence electrons. The standard InChI is InChI=1S/C17H20ClN/c1-12(2)16-6-4-5-7-17(16)19-11-14-8-9-15(18)10-13(14)3/h4-10,12,19H,11H2,1-3H3. The van der Waals surface area contributed by atoms with Crippen LogP contribution in [-0.2, 0) is 6.54 Å². The Morgan fingerprint density at radius 1 is 1.11 bits per heavy atom. The Morgan fingerprint density at radius 2 is 1.84 bits per heavy atom. The molecule has 0 spiro atoms. The molecule has 0 heterocycles. The second-order valence-electron chi connectivity index (χ2n) is 5.17. The normalized spacial score (nSPS) is 10.8. The molecule has 0 bridgehead atoms. The van der Waals surface area contributed by atoms with Crippen molar-refractivity contribution < 1.29 is 0 Å². The van der Waals surface area contributed by atoms with Gasteiger partial charge in [0.1, 0.15) is 0 Å². The summed E-state index contributed by atoms with van der Waals surface area (Å²) < 4.78 is 0. The van der Waals surface area contributed by atoms with Gasteiger partial charge in [0, 0.05) is 17.3 Å². The summed E-state index contributed by atoms with van der Waals surface area (Å²) in [6.07, 6.45) is 0. The SMILES string of the molecule is Cc1cc(Cl)ccc1CNc1ccccc1C(C)C. The van der Waals surface area contributed by atoms with Crippen molar-refractivity contribution in [3.05, 3.63) is 64.2 Å². The summed E-state index contributed by atoms with van der Waals surface area (Å²) in [5.74, 6) is 0.523. The van der Waals surface area contributed by atoms with E-state index < -0.39 is 0 Å². The third-order valence-electron chi connectivity index (χ3n) is 3.36. The van der Waals surface area contributed by atoms with Gasteiger partial charge in [0.25, 0.3) is 0 Å². The lowest BCUT2D eigenvalue weighted by Gasteiger charge is -2.15. The molecule has 0 aliphatic heterocycles. The van der Waals surface area contributed by atoms with Crippen LogP contribution in [0.1, 0.15) is 36.5 Å². The highest BCUT2D eigenvalue weighted by molar-refractivity contribution is 6.30. The zero-order valence-corrected chi connectivity index (χ0v) is 12.5. The average molecular weight is 274 g/mol. The lowest BCUT2D eigenvalue weighted by molar-refractivity contribution is 0.865. The number of aryl methyl sites for hydroxylation is 1. The van der Waals surface area contributed by atoms with Crippen LogP contribution in [0.15, 0.2) is 42.5 Å². The van der Waals surface area contributed by atoms with Crippen molar-refractivity contribution in [2.75, 3.05) is 5.32 Å². The van der Waals surface area contributed by atoms with E-state index in [1.54, 1.807) is 0 Å². The largest absolute Gasteiger partial charge is 0.381 e. The first kappa shape index (κ1) is 14.0. The van der Waals surface area contributed by atoms with Gasteiger partial charge in [-0.3, -0.25) is 0 Å². The number of rotatable bonds is 4. The van der Waals surface area contributed by atoms with E-state index in [0.29, 0.717) is 5.92 Å². The summed E-state index contributed by atoms with van der Waals surface area (Å²) in [4.78, 5) is 0.